The predicted octanol–water partition coefficient (Wildman–Crippen LogP) is 3.28. The molecule has 0 spiro atoms. The Morgan fingerprint density at radius 2 is 2.00 bits per heavy atom. The molecule has 1 aromatic rings. The van der Waals surface area contributed by atoms with Gasteiger partial charge in [0, 0.05) is 0 Å². The van der Waals surface area contributed by atoms with Crippen LogP contribution in [0.3, 0.4) is 0 Å². The van der Waals surface area contributed by atoms with Crippen LogP contribution in [0.5, 0.6) is 0 Å². The Balaban J connectivity index is 2.06. The van der Waals surface area contributed by atoms with E-state index in [-0.39, 0.29) is 6.10 Å². The van der Waals surface area contributed by atoms with Gasteiger partial charge in [0.25, 0.3) is 0 Å². The predicted molar refractivity (Wildman–Crippen MR) is 66.8 cm³/mol. The molecule has 0 amide bonds. The quantitative estimate of drug-likeness (QED) is 0.662. The molecule has 2 unspecified atom stereocenters. The summed E-state index contributed by atoms with van der Waals surface area (Å²) < 4.78 is 0. The molecule has 1 fully saturated rings. The summed E-state index contributed by atoms with van der Waals surface area (Å²) >= 11 is 0. The Hall–Kier alpha value is -0.940. The molecule has 1 saturated heterocycles. The molecule has 0 aliphatic carbocycles. The van der Waals surface area contributed by atoms with Crippen molar-refractivity contribution in [3.8, 4) is 0 Å². The zero-order valence-corrected chi connectivity index (χ0v) is 11.1. The fourth-order valence-corrected chi connectivity index (χ4v) is 2.17. The zero-order valence-electron chi connectivity index (χ0n) is 11.1. The van der Waals surface area contributed by atoms with Crippen LogP contribution in [0, 0.1) is 0 Å². The van der Waals surface area contributed by atoms with Crippen molar-refractivity contribution in [2.24, 2.45) is 0 Å². The first-order valence-electron chi connectivity index (χ1n) is 6.20. The summed E-state index contributed by atoms with van der Waals surface area (Å²) in [5, 5.41) is 8.86. The van der Waals surface area contributed by atoms with E-state index < -0.39 is 11.2 Å². The lowest BCUT2D eigenvalue weighted by atomic mass is 9.86. The van der Waals surface area contributed by atoms with Crippen molar-refractivity contribution in [1.82, 2.24) is 0 Å². The van der Waals surface area contributed by atoms with Crippen LogP contribution < -0.4 is 0 Å². The highest BCUT2D eigenvalue weighted by molar-refractivity contribution is 5.21. The van der Waals surface area contributed by atoms with Crippen LogP contribution in [0.2, 0.25) is 0 Å². The van der Waals surface area contributed by atoms with E-state index in [1.165, 1.54) is 0 Å². The van der Waals surface area contributed by atoms with Crippen molar-refractivity contribution in [2.75, 3.05) is 0 Å². The van der Waals surface area contributed by atoms with Gasteiger partial charge >= 0.3 is 0 Å². The summed E-state index contributed by atoms with van der Waals surface area (Å²) in [5.74, 6) is 0. The smallest absolute Gasteiger partial charge is 0.127 e. The van der Waals surface area contributed by atoms with Gasteiger partial charge in [-0.05, 0) is 39.2 Å². The molecule has 0 saturated carbocycles. The fraction of sp³-hybridized carbons (Fsp3) is 0.571. The molecular formula is C14H20O4. The Morgan fingerprint density at radius 3 is 2.50 bits per heavy atom. The molecule has 18 heavy (non-hydrogen) atoms. The second kappa shape index (κ2) is 4.97. The third-order valence-corrected chi connectivity index (χ3v) is 3.63. The highest BCUT2D eigenvalue weighted by Gasteiger charge is 2.42. The second-order valence-electron chi connectivity index (χ2n) is 5.50. The second-order valence-corrected chi connectivity index (χ2v) is 5.50. The normalized spacial score (nSPS) is 29.2. The molecule has 0 radical (unpaired) electrons. The van der Waals surface area contributed by atoms with Crippen LogP contribution in [-0.2, 0) is 20.3 Å². The van der Waals surface area contributed by atoms with Crippen molar-refractivity contribution in [3.63, 3.8) is 0 Å². The number of hydrogen-bond acceptors (Lipinski definition) is 4. The summed E-state index contributed by atoms with van der Waals surface area (Å²) in [6.07, 6.45) is 1.30. The fourth-order valence-electron chi connectivity index (χ4n) is 2.17. The van der Waals surface area contributed by atoms with Crippen LogP contribution in [-0.4, -0.2) is 17.0 Å². The SMILES string of the molecule is CC1(c2ccccc2)CCC(C(C)(C)OO)OO1. The molecule has 0 aromatic heterocycles. The van der Waals surface area contributed by atoms with Crippen molar-refractivity contribution in [3.05, 3.63) is 35.9 Å². The van der Waals surface area contributed by atoms with Crippen LogP contribution in [0.25, 0.3) is 0 Å². The van der Waals surface area contributed by atoms with E-state index >= 15 is 0 Å². The van der Waals surface area contributed by atoms with E-state index in [2.05, 4.69) is 4.89 Å². The Kier molecular flexibility index (Phi) is 3.73. The van der Waals surface area contributed by atoms with Gasteiger partial charge in [0.05, 0.1) is 0 Å². The molecule has 1 aliphatic rings. The highest BCUT2D eigenvalue weighted by Crippen LogP contribution is 2.38. The first kappa shape index (κ1) is 13.5. The lowest BCUT2D eigenvalue weighted by Gasteiger charge is -2.40. The third kappa shape index (κ3) is 2.57. The minimum atomic E-state index is -0.766. The Bertz CT molecular complexity index is 380. The largest absolute Gasteiger partial charge is 0.251 e. The molecular weight excluding hydrogens is 232 g/mol. The average molecular weight is 252 g/mol. The Labute approximate surface area is 107 Å². The van der Waals surface area contributed by atoms with E-state index in [0.29, 0.717) is 0 Å². The average Bonchev–Trinajstić information content (AvgIpc) is 2.40. The molecule has 1 aromatic carbocycles. The zero-order chi connectivity index (χ0) is 13.2. The Morgan fingerprint density at radius 1 is 1.33 bits per heavy atom. The van der Waals surface area contributed by atoms with Gasteiger partial charge in [-0.1, -0.05) is 30.3 Å². The van der Waals surface area contributed by atoms with E-state index in [9.17, 15) is 0 Å². The van der Waals surface area contributed by atoms with Crippen LogP contribution in [0.15, 0.2) is 30.3 Å². The van der Waals surface area contributed by atoms with Crippen molar-refractivity contribution >= 4 is 0 Å². The number of rotatable bonds is 3. The van der Waals surface area contributed by atoms with Crippen LogP contribution in [0.1, 0.15) is 39.2 Å². The van der Waals surface area contributed by atoms with Gasteiger partial charge in [-0.3, -0.25) is 5.26 Å². The summed E-state index contributed by atoms with van der Waals surface area (Å²) in [4.78, 5) is 15.4. The van der Waals surface area contributed by atoms with Gasteiger partial charge in [0.2, 0.25) is 0 Å². The topological polar surface area (TPSA) is 47.9 Å². The third-order valence-electron chi connectivity index (χ3n) is 3.63. The summed E-state index contributed by atoms with van der Waals surface area (Å²) in [6, 6.07) is 9.99. The van der Waals surface area contributed by atoms with Gasteiger partial charge in [0.1, 0.15) is 17.3 Å². The molecule has 4 heteroatoms. The molecule has 0 bridgehead atoms. The minimum Gasteiger partial charge on any atom is -0.251 e. The van der Waals surface area contributed by atoms with Gasteiger partial charge in [0.15, 0.2) is 0 Å². The summed E-state index contributed by atoms with van der Waals surface area (Å²) in [6.45, 7) is 5.55. The first-order valence-corrected chi connectivity index (χ1v) is 6.20. The van der Waals surface area contributed by atoms with Crippen LogP contribution >= 0.6 is 0 Å². The minimum absolute atomic E-state index is 0.278. The molecule has 2 rings (SSSR count). The van der Waals surface area contributed by atoms with Gasteiger partial charge in [-0.15, -0.1) is 0 Å². The first-order chi connectivity index (χ1) is 8.48. The summed E-state index contributed by atoms with van der Waals surface area (Å²) in [7, 11) is 0. The molecule has 1 heterocycles. The van der Waals surface area contributed by atoms with E-state index in [1.807, 2.05) is 37.3 Å². The van der Waals surface area contributed by atoms with E-state index in [0.717, 1.165) is 18.4 Å². The van der Waals surface area contributed by atoms with E-state index in [1.54, 1.807) is 13.8 Å². The standard InChI is InChI=1S/C14H20O4/c1-13(2,17-15)12-9-10-14(3,18-16-12)11-7-5-4-6-8-11/h4-8,12,15H,9-10H2,1-3H3. The van der Waals surface area contributed by atoms with Gasteiger partial charge in [-0.25, -0.2) is 14.7 Å². The maximum Gasteiger partial charge on any atom is 0.127 e. The summed E-state index contributed by atoms with van der Waals surface area (Å²) in [5.41, 5.74) is -0.118. The lowest BCUT2D eigenvalue weighted by Crippen LogP contribution is -2.46. The van der Waals surface area contributed by atoms with Crippen LogP contribution in [0.4, 0.5) is 0 Å². The highest BCUT2D eigenvalue weighted by atomic mass is 17.2. The maximum atomic E-state index is 8.86. The molecule has 100 valence electrons. The van der Waals surface area contributed by atoms with E-state index in [4.69, 9.17) is 15.0 Å². The number of benzene rings is 1. The molecule has 1 aliphatic heterocycles. The van der Waals surface area contributed by atoms with Gasteiger partial charge in [-0.2, -0.15) is 0 Å². The van der Waals surface area contributed by atoms with Crippen molar-refractivity contribution in [1.29, 1.82) is 0 Å². The monoisotopic (exact) mass is 252 g/mol. The van der Waals surface area contributed by atoms with Gasteiger partial charge < -0.3 is 0 Å². The van der Waals surface area contributed by atoms with Crippen molar-refractivity contribution < 1.29 is 19.9 Å². The molecule has 2 atom stereocenters. The maximum absolute atomic E-state index is 8.86. The number of hydrogen-bond donors (Lipinski definition) is 1. The molecule has 1 N–H and O–H groups in total. The lowest BCUT2D eigenvalue weighted by molar-refractivity contribution is -0.451. The van der Waals surface area contributed by atoms with Crippen molar-refractivity contribution in [2.45, 2.75) is 50.9 Å². The molecule has 4 nitrogen and oxygen atoms in total.